The number of anilines is 1. The Morgan fingerprint density at radius 3 is 2.66 bits per heavy atom. The van der Waals surface area contributed by atoms with Crippen molar-refractivity contribution in [2.24, 2.45) is 5.18 Å². The summed E-state index contributed by atoms with van der Waals surface area (Å²) in [5, 5.41) is 24.8. The fourth-order valence-electron chi connectivity index (χ4n) is 3.92. The Balaban J connectivity index is 1.88. The van der Waals surface area contributed by atoms with E-state index in [0.29, 0.717) is 17.0 Å². The largest absolute Gasteiger partial charge is 0.508 e. The van der Waals surface area contributed by atoms with Gasteiger partial charge in [0.2, 0.25) is 5.91 Å². The van der Waals surface area contributed by atoms with E-state index in [1.54, 1.807) is 30.5 Å². The van der Waals surface area contributed by atoms with Gasteiger partial charge in [-0.05, 0) is 29.3 Å². The molecule has 1 aliphatic heterocycles. The molecule has 2 aromatic heterocycles. The van der Waals surface area contributed by atoms with Gasteiger partial charge in [-0.3, -0.25) is 4.79 Å². The Morgan fingerprint density at radius 2 is 1.86 bits per heavy atom. The smallest absolute Gasteiger partial charge is 0.236 e. The molecule has 29 heavy (non-hydrogen) atoms. The molecule has 0 saturated carbocycles. The summed E-state index contributed by atoms with van der Waals surface area (Å²) >= 11 is 0. The number of aromatic nitrogens is 3. The summed E-state index contributed by atoms with van der Waals surface area (Å²) in [4.78, 5) is 27.4. The Morgan fingerprint density at radius 1 is 1.07 bits per heavy atom. The normalized spacial score (nSPS) is 15.3. The average molecular weight is 385 g/mol. The molecular weight excluding hydrogens is 370 g/mol. The number of aromatic amines is 1. The van der Waals surface area contributed by atoms with Gasteiger partial charge in [-0.2, -0.15) is 10.0 Å². The number of benzene rings is 2. The third-order valence-corrected chi connectivity index (χ3v) is 5.17. The van der Waals surface area contributed by atoms with E-state index >= 15 is 0 Å². The third kappa shape index (κ3) is 2.65. The number of H-pyrrole nitrogens is 1. The Labute approximate surface area is 164 Å². The highest BCUT2D eigenvalue weighted by Gasteiger charge is 2.32. The number of para-hydroxylation sites is 1. The van der Waals surface area contributed by atoms with Gasteiger partial charge < -0.3 is 15.4 Å². The van der Waals surface area contributed by atoms with E-state index in [2.05, 4.69) is 25.7 Å². The number of hydrogen-bond acceptors (Lipinski definition) is 6. The minimum atomic E-state index is -0.641. The van der Waals surface area contributed by atoms with Gasteiger partial charge in [-0.25, -0.2) is 0 Å². The van der Waals surface area contributed by atoms with Crippen molar-refractivity contribution < 1.29 is 9.90 Å². The number of nitrogens with one attached hydrogen (secondary N) is 2. The molecule has 1 aliphatic rings. The first-order chi connectivity index (χ1) is 14.2. The fourth-order valence-corrected chi connectivity index (χ4v) is 3.92. The maximum Gasteiger partial charge on any atom is 0.236 e. The molecule has 4 aromatic rings. The number of fused-ring (bicyclic) bond motifs is 2. The highest BCUT2D eigenvalue weighted by atomic mass is 16.3. The molecule has 3 N–H and O–H groups in total. The maximum atomic E-state index is 13.3. The number of carbonyl (C=O) groups is 1. The van der Waals surface area contributed by atoms with Gasteiger partial charge in [0.05, 0.1) is 11.6 Å². The van der Waals surface area contributed by atoms with Crippen molar-refractivity contribution in [1.29, 1.82) is 0 Å². The molecule has 5 rings (SSSR count). The van der Waals surface area contributed by atoms with Gasteiger partial charge >= 0.3 is 0 Å². The monoisotopic (exact) mass is 385 g/mol. The predicted molar refractivity (Wildman–Crippen MR) is 107 cm³/mol. The van der Waals surface area contributed by atoms with E-state index in [4.69, 9.17) is 0 Å². The molecule has 142 valence electrons. The van der Waals surface area contributed by atoms with E-state index in [1.807, 2.05) is 24.3 Å². The van der Waals surface area contributed by atoms with Crippen LogP contribution in [-0.2, 0) is 11.3 Å². The lowest BCUT2D eigenvalue weighted by Gasteiger charge is -2.23. The van der Waals surface area contributed by atoms with Crippen molar-refractivity contribution in [3.8, 4) is 16.9 Å². The van der Waals surface area contributed by atoms with Crippen LogP contribution in [0.25, 0.3) is 22.2 Å². The number of nitroso groups, excluding NO2 is 1. The molecule has 0 fully saturated rings. The van der Waals surface area contributed by atoms with Gasteiger partial charge in [0.15, 0.2) is 5.65 Å². The van der Waals surface area contributed by atoms with E-state index < -0.39 is 5.92 Å². The van der Waals surface area contributed by atoms with Gasteiger partial charge in [0.25, 0.3) is 0 Å². The number of carbonyl (C=O) groups excluding carboxylic acids is 1. The molecule has 0 bridgehead atoms. The van der Waals surface area contributed by atoms with Crippen LogP contribution >= 0.6 is 0 Å². The molecule has 1 amide bonds. The highest BCUT2D eigenvalue weighted by molar-refractivity contribution is 6.10. The number of aromatic hydroxyl groups is 1. The lowest BCUT2D eigenvalue weighted by molar-refractivity contribution is -0.116. The molecule has 8 heteroatoms. The highest BCUT2D eigenvalue weighted by Crippen LogP contribution is 2.43. The second-order valence-corrected chi connectivity index (χ2v) is 6.84. The van der Waals surface area contributed by atoms with E-state index in [-0.39, 0.29) is 18.2 Å². The first-order valence-corrected chi connectivity index (χ1v) is 9.02. The van der Waals surface area contributed by atoms with Gasteiger partial charge in [0.1, 0.15) is 12.3 Å². The number of hydrogen-bond donors (Lipinski definition) is 3. The lowest BCUT2D eigenvalue weighted by Crippen LogP contribution is -2.24. The lowest BCUT2D eigenvalue weighted by atomic mass is 9.86. The summed E-state index contributed by atoms with van der Waals surface area (Å²) in [7, 11) is 0. The maximum absolute atomic E-state index is 13.3. The fraction of sp³-hybridized carbons (Fsp3) is 0.0952. The summed E-state index contributed by atoms with van der Waals surface area (Å²) in [5.41, 5.74) is 4.51. The van der Waals surface area contributed by atoms with Crippen LogP contribution in [0.3, 0.4) is 0 Å². The van der Waals surface area contributed by atoms with Crippen LogP contribution in [0.4, 0.5) is 5.69 Å². The van der Waals surface area contributed by atoms with Crippen LogP contribution in [-0.4, -0.2) is 26.2 Å². The summed E-state index contributed by atoms with van der Waals surface area (Å²) in [6.07, 6.45) is 1.74. The zero-order valence-electron chi connectivity index (χ0n) is 15.1. The standard InChI is InChI=1S/C21H15N5O3/c27-12-7-5-11(6-8-12)17-14-9-22-20-19(14)18(16(10-23-29)25-26-20)13-3-1-2-4-15(13)24-21(17)28/h1-9,17,27H,10H2,(H,22,26)(H,24,28). The topological polar surface area (TPSA) is 120 Å². The summed E-state index contributed by atoms with van der Waals surface area (Å²) < 4.78 is 0. The van der Waals surface area contributed by atoms with Crippen LogP contribution in [0.5, 0.6) is 5.75 Å². The van der Waals surface area contributed by atoms with Gasteiger partial charge in [0, 0.05) is 28.4 Å². The molecule has 0 saturated heterocycles. The van der Waals surface area contributed by atoms with E-state index in [9.17, 15) is 14.8 Å². The van der Waals surface area contributed by atoms with Crippen LogP contribution < -0.4 is 5.32 Å². The minimum Gasteiger partial charge on any atom is -0.508 e. The number of rotatable bonds is 3. The molecule has 1 atom stereocenters. The zero-order chi connectivity index (χ0) is 20.0. The number of nitrogens with zero attached hydrogens (tertiary/aromatic N) is 3. The van der Waals surface area contributed by atoms with Gasteiger partial charge in [-0.1, -0.05) is 35.5 Å². The third-order valence-electron chi connectivity index (χ3n) is 5.17. The van der Waals surface area contributed by atoms with Crippen LogP contribution in [0.15, 0.2) is 59.9 Å². The Hall–Kier alpha value is -4.07. The molecular formula is C21H15N5O3. The average Bonchev–Trinajstić information content (AvgIpc) is 3.13. The summed E-state index contributed by atoms with van der Waals surface area (Å²) in [6.45, 7) is -0.130. The van der Waals surface area contributed by atoms with Crippen molar-refractivity contribution in [2.75, 3.05) is 5.32 Å². The summed E-state index contributed by atoms with van der Waals surface area (Å²) in [6, 6.07) is 13.9. The molecule has 0 radical (unpaired) electrons. The number of amides is 1. The van der Waals surface area contributed by atoms with Crippen molar-refractivity contribution in [1.82, 2.24) is 15.2 Å². The molecule has 2 aromatic carbocycles. The van der Waals surface area contributed by atoms with Crippen molar-refractivity contribution >= 4 is 22.6 Å². The first kappa shape index (κ1) is 17.1. The summed E-state index contributed by atoms with van der Waals surface area (Å²) in [5.74, 6) is -0.727. The second-order valence-electron chi connectivity index (χ2n) is 6.84. The molecule has 0 aliphatic carbocycles. The quantitative estimate of drug-likeness (QED) is 0.465. The molecule has 3 heterocycles. The van der Waals surface area contributed by atoms with Crippen molar-refractivity contribution in [2.45, 2.75) is 12.5 Å². The first-order valence-electron chi connectivity index (χ1n) is 9.02. The van der Waals surface area contributed by atoms with Gasteiger partial charge in [-0.15, -0.1) is 5.10 Å². The zero-order valence-corrected chi connectivity index (χ0v) is 15.1. The van der Waals surface area contributed by atoms with E-state index in [1.165, 1.54) is 0 Å². The molecule has 1 unspecified atom stereocenters. The van der Waals surface area contributed by atoms with Crippen LogP contribution in [0.2, 0.25) is 0 Å². The SMILES string of the molecule is O=NCc1nnc2[nH]cc3c2c1-c1ccccc1NC(=O)C3c1ccc(O)cc1. The second kappa shape index (κ2) is 6.52. The predicted octanol–water partition coefficient (Wildman–Crippen LogP) is 3.68. The number of phenols is 1. The minimum absolute atomic E-state index is 0.121. The molecule has 0 spiro atoms. The van der Waals surface area contributed by atoms with Crippen molar-refractivity contribution in [3.63, 3.8) is 0 Å². The Bertz CT molecular complexity index is 1260. The van der Waals surface area contributed by atoms with E-state index in [0.717, 1.165) is 27.6 Å². The van der Waals surface area contributed by atoms with Crippen LogP contribution in [0.1, 0.15) is 22.7 Å². The number of phenolic OH excluding ortho intramolecular Hbond substituents is 1. The van der Waals surface area contributed by atoms with Crippen LogP contribution in [0, 0.1) is 4.91 Å². The molecule has 8 nitrogen and oxygen atoms in total. The Kier molecular flexibility index (Phi) is 3.83. The van der Waals surface area contributed by atoms with Crippen molar-refractivity contribution in [3.05, 3.63) is 76.5 Å².